The van der Waals surface area contributed by atoms with E-state index in [1.165, 1.54) is 12.5 Å². The number of furan rings is 2. The summed E-state index contributed by atoms with van der Waals surface area (Å²) in [4.78, 5) is 60.2. The number of nitrogens with zero attached hydrogens (tertiary/aromatic N) is 4. The topological polar surface area (TPSA) is 132 Å². The summed E-state index contributed by atoms with van der Waals surface area (Å²) in [5.41, 5.74) is 3.59. The summed E-state index contributed by atoms with van der Waals surface area (Å²) in [7, 11) is 0. The van der Waals surface area contributed by atoms with Gasteiger partial charge < -0.3 is 28.4 Å². The van der Waals surface area contributed by atoms with Gasteiger partial charge in [0, 0.05) is 65.0 Å². The minimum atomic E-state index is -0.452. The van der Waals surface area contributed by atoms with E-state index in [1.807, 2.05) is 92.4 Å². The molecule has 13 heteroatoms. The summed E-state index contributed by atoms with van der Waals surface area (Å²) in [5, 5.41) is 7.37. The minimum absolute atomic E-state index is 0. The molecule has 4 amide bonds. The van der Waals surface area contributed by atoms with Crippen molar-refractivity contribution in [1.82, 2.24) is 30.2 Å². The average molecular weight is 896 g/mol. The summed E-state index contributed by atoms with van der Waals surface area (Å²) in [5.74, 6) is 0.792. The molecule has 10 rings (SSSR count). The summed E-state index contributed by atoms with van der Waals surface area (Å²) in [6.45, 7) is 3.41. The number of rotatable bonds is 10. The molecule has 4 aliphatic rings. The SMILES string of the molecule is Cl.O=C(c1ccco1)N1CCC2(CC1)N[C@@H](Cc1ccccc1)C(=O)N2Cc1ccccc1.O=C(c1ccco1)N1CCC2(CC1)N[C@@H](Cc1ccccc1)C(=O)N2Cc1ccccc1. The van der Waals surface area contributed by atoms with Gasteiger partial charge in [-0.05, 0) is 59.4 Å². The van der Waals surface area contributed by atoms with Crippen LogP contribution in [0.15, 0.2) is 167 Å². The van der Waals surface area contributed by atoms with Gasteiger partial charge in [0.05, 0.1) is 35.9 Å². The number of amides is 4. The maximum absolute atomic E-state index is 13.6. The largest absolute Gasteiger partial charge is 0.459 e. The van der Waals surface area contributed by atoms with Crippen molar-refractivity contribution in [3.8, 4) is 0 Å². The standard InChI is InChI=1S/2C26H27N3O3.ClH/c2*30-24-22(18-20-8-3-1-4-9-20)27-26(29(24)19-21-10-5-2-6-11-21)13-15-28(16-14-26)25(31)23-12-7-17-32-23;/h2*1-12,17,22,27H,13-16,18-19H2;1H/t2*22-;/m00./s1. The highest BCUT2D eigenvalue weighted by Crippen LogP contribution is 2.37. The van der Waals surface area contributed by atoms with E-state index in [2.05, 4.69) is 59.2 Å². The van der Waals surface area contributed by atoms with Gasteiger partial charge >= 0.3 is 0 Å². The van der Waals surface area contributed by atoms with Crippen molar-refractivity contribution in [2.75, 3.05) is 26.2 Å². The van der Waals surface area contributed by atoms with E-state index in [1.54, 1.807) is 24.3 Å². The maximum Gasteiger partial charge on any atom is 0.289 e. The lowest BCUT2D eigenvalue weighted by molar-refractivity contribution is -0.135. The van der Waals surface area contributed by atoms with E-state index in [0.717, 1.165) is 22.3 Å². The molecule has 4 aliphatic heterocycles. The Bertz CT molecular complexity index is 2300. The Labute approximate surface area is 386 Å². The average Bonchev–Trinajstić information content (AvgIpc) is 4.17. The maximum atomic E-state index is 13.6. The van der Waals surface area contributed by atoms with E-state index in [4.69, 9.17) is 8.83 Å². The van der Waals surface area contributed by atoms with Crippen molar-refractivity contribution in [3.05, 3.63) is 192 Å². The fourth-order valence-corrected chi connectivity index (χ4v) is 9.79. The van der Waals surface area contributed by atoms with Crippen molar-refractivity contribution >= 4 is 36.0 Å². The molecule has 6 heterocycles. The molecule has 2 spiro atoms. The summed E-state index contributed by atoms with van der Waals surface area (Å²) in [6, 6.07) is 46.8. The number of piperidine rings is 2. The monoisotopic (exact) mass is 894 g/mol. The van der Waals surface area contributed by atoms with Crippen LogP contribution in [0, 0.1) is 0 Å². The van der Waals surface area contributed by atoms with Gasteiger partial charge in [-0.25, -0.2) is 0 Å². The fourth-order valence-electron chi connectivity index (χ4n) is 9.79. The lowest BCUT2D eigenvalue weighted by Crippen LogP contribution is -2.59. The Balaban J connectivity index is 0.000000175. The van der Waals surface area contributed by atoms with Gasteiger partial charge in [0.2, 0.25) is 11.8 Å². The minimum Gasteiger partial charge on any atom is -0.459 e. The molecule has 6 aromatic rings. The van der Waals surface area contributed by atoms with E-state index in [-0.39, 0.29) is 48.1 Å². The third-order valence-electron chi connectivity index (χ3n) is 13.2. The molecule has 2 N–H and O–H groups in total. The first-order valence-electron chi connectivity index (χ1n) is 22.3. The predicted molar refractivity (Wildman–Crippen MR) is 249 cm³/mol. The molecule has 2 aromatic heterocycles. The van der Waals surface area contributed by atoms with Gasteiger partial charge in [-0.2, -0.15) is 0 Å². The Hall–Kier alpha value is -6.47. The third kappa shape index (κ3) is 9.95. The van der Waals surface area contributed by atoms with Crippen molar-refractivity contribution < 1.29 is 28.0 Å². The number of hydrogen-bond donors (Lipinski definition) is 2. The van der Waals surface area contributed by atoms with Crippen LogP contribution < -0.4 is 10.6 Å². The van der Waals surface area contributed by atoms with Crippen molar-refractivity contribution in [3.63, 3.8) is 0 Å². The van der Waals surface area contributed by atoms with Gasteiger partial charge in [-0.15, -0.1) is 12.4 Å². The van der Waals surface area contributed by atoms with Gasteiger partial charge in [0.15, 0.2) is 11.5 Å². The van der Waals surface area contributed by atoms with Gasteiger partial charge in [0.25, 0.3) is 11.8 Å². The van der Waals surface area contributed by atoms with Crippen LogP contribution in [0.4, 0.5) is 0 Å². The second-order valence-electron chi connectivity index (χ2n) is 17.2. The lowest BCUT2D eigenvalue weighted by atomic mass is 9.95. The normalized spacial score (nSPS) is 19.8. The number of carbonyl (C=O) groups is 4. The van der Waals surface area contributed by atoms with E-state index < -0.39 is 11.3 Å². The summed E-state index contributed by atoms with van der Waals surface area (Å²) < 4.78 is 10.6. The molecule has 4 saturated heterocycles. The number of hydrogen-bond acceptors (Lipinski definition) is 8. The van der Waals surface area contributed by atoms with Gasteiger partial charge in [0.1, 0.15) is 0 Å². The molecule has 0 aliphatic carbocycles. The van der Waals surface area contributed by atoms with Gasteiger partial charge in [-0.3, -0.25) is 29.8 Å². The Morgan fingerprint density at radius 2 is 0.800 bits per heavy atom. The van der Waals surface area contributed by atoms with E-state index >= 15 is 0 Å². The van der Waals surface area contributed by atoms with E-state index in [9.17, 15) is 19.2 Å². The molecular formula is C52H55ClN6O6. The lowest BCUT2D eigenvalue weighted by Gasteiger charge is -2.44. The predicted octanol–water partition coefficient (Wildman–Crippen LogP) is 7.33. The highest BCUT2D eigenvalue weighted by Gasteiger charge is 2.53. The fraction of sp³-hybridized carbons (Fsp3) is 0.308. The molecule has 65 heavy (non-hydrogen) atoms. The third-order valence-corrected chi connectivity index (χ3v) is 13.2. The highest BCUT2D eigenvalue weighted by molar-refractivity contribution is 5.92. The van der Waals surface area contributed by atoms with E-state index in [0.29, 0.717) is 89.3 Å². The van der Waals surface area contributed by atoms with Crippen LogP contribution in [0.25, 0.3) is 0 Å². The second kappa shape index (κ2) is 20.1. The molecule has 2 atom stereocenters. The number of carbonyl (C=O) groups excluding carboxylic acids is 4. The molecule has 12 nitrogen and oxygen atoms in total. The first-order chi connectivity index (χ1) is 31.3. The number of likely N-dealkylation sites (tertiary alicyclic amines) is 2. The molecule has 0 radical (unpaired) electrons. The van der Waals surface area contributed by atoms with Crippen LogP contribution in [-0.2, 0) is 35.5 Å². The van der Waals surface area contributed by atoms with Crippen LogP contribution in [-0.4, -0.2) is 92.8 Å². The number of nitrogens with one attached hydrogen (secondary N) is 2. The zero-order valence-electron chi connectivity index (χ0n) is 36.3. The first kappa shape index (κ1) is 45.1. The molecule has 0 saturated carbocycles. The molecule has 4 fully saturated rings. The Morgan fingerprint density at radius 3 is 1.11 bits per heavy atom. The molecule has 336 valence electrons. The molecule has 4 aromatic carbocycles. The Morgan fingerprint density at radius 1 is 0.477 bits per heavy atom. The quantitative estimate of drug-likeness (QED) is 0.146. The van der Waals surface area contributed by atoms with Crippen LogP contribution >= 0.6 is 12.4 Å². The zero-order valence-corrected chi connectivity index (χ0v) is 37.1. The number of halogens is 1. The summed E-state index contributed by atoms with van der Waals surface area (Å²) in [6.07, 6.45) is 7.08. The smallest absolute Gasteiger partial charge is 0.289 e. The van der Waals surface area contributed by atoms with Gasteiger partial charge in [-0.1, -0.05) is 121 Å². The van der Waals surface area contributed by atoms with Crippen LogP contribution in [0.3, 0.4) is 0 Å². The van der Waals surface area contributed by atoms with Crippen molar-refractivity contribution in [2.45, 2.75) is 75.0 Å². The van der Waals surface area contributed by atoms with Crippen molar-refractivity contribution in [1.29, 1.82) is 0 Å². The molecular weight excluding hydrogens is 840 g/mol. The second-order valence-corrected chi connectivity index (χ2v) is 17.2. The number of benzene rings is 4. The molecule has 0 unspecified atom stereocenters. The van der Waals surface area contributed by atoms with Crippen molar-refractivity contribution in [2.24, 2.45) is 0 Å². The summed E-state index contributed by atoms with van der Waals surface area (Å²) >= 11 is 0. The van der Waals surface area contributed by atoms with Crippen LogP contribution in [0.2, 0.25) is 0 Å². The zero-order chi connectivity index (χ0) is 43.9. The van der Waals surface area contributed by atoms with Crippen LogP contribution in [0.1, 0.15) is 69.0 Å². The van der Waals surface area contributed by atoms with Crippen LogP contribution in [0.5, 0.6) is 0 Å². The molecule has 0 bridgehead atoms. The highest BCUT2D eigenvalue weighted by atomic mass is 35.5. The first-order valence-corrected chi connectivity index (χ1v) is 22.3. The Kier molecular flexibility index (Phi) is 14.0.